The summed E-state index contributed by atoms with van der Waals surface area (Å²) in [5, 5.41) is 0. The van der Waals surface area contributed by atoms with Gasteiger partial charge in [0.15, 0.2) is 9.04 Å². The maximum absolute atomic E-state index is 6.44. The van der Waals surface area contributed by atoms with Gasteiger partial charge in [0, 0.05) is 5.92 Å². The van der Waals surface area contributed by atoms with Gasteiger partial charge in [-0.3, -0.25) is 0 Å². The molecule has 0 spiro atoms. The number of hydrogen-bond acceptors (Lipinski definition) is 1. The van der Waals surface area contributed by atoms with Gasteiger partial charge in [-0.05, 0) is 46.2 Å². The topological polar surface area (TPSA) is 9.23 Å². The van der Waals surface area contributed by atoms with Crippen LogP contribution in [0.25, 0.3) is 0 Å². The van der Waals surface area contributed by atoms with Crippen molar-refractivity contribution in [3.8, 4) is 11.8 Å². The Labute approximate surface area is 121 Å². The van der Waals surface area contributed by atoms with E-state index in [0.29, 0.717) is 12.0 Å². The summed E-state index contributed by atoms with van der Waals surface area (Å²) in [6.07, 6.45) is 11.3. The zero-order chi connectivity index (χ0) is 14.5. The standard InChI is InChI=1S/C17H30OSi/c1-6-10-14-19(15-11-7-2)18-17(13-9-4)16(5)12-8-3/h6-7,10-11,16-17,19H,9,13-15H2,1-5H3/b10-6-,11-7-/t16-,17-/m1/s1. The average Bonchev–Trinajstić information content (AvgIpc) is 2.41. The van der Waals surface area contributed by atoms with E-state index in [1.165, 1.54) is 0 Å². The largest absolute Gasteiger partial charge is 0.415 e. The highest BCUT2D eigenvalue weighted by atomic mass is 28.3. The molecular formula is C17H30OSi. The molecule has 2 atom stereocenters. The van der Waals surface area contributed by atoms with Gasteiger partial charge in [-0.15, -0.1) is 5.92 Å². The molecule has 0 saturated carbocycles. The lowest BCUT2D eigenvalue weighted by Crippen LogP contribution is -2.29. The zero-order valence-electron chi connectivity index (χ0n) is 13.3. The predicted molar refractivity (Wildman–Crippen MR) is 88.8 cm³/mol. The lowest BCUT2D eigenvalue weighted by molar-refractivity contribution is 0.156. The number of allylic oxidation sites excluding steroid dienone is 4. The summed E-state index contributed by atoms with van der Waals surface area (Å²) >= 11 is 0. The van der Waals surface area contributed by atoms with Crippen molar-refractivity contribution in [2.45, 2.75) is 65.7 Å². The van der Waals surface area contributed by atoms with Gasteiger partial charge < -0.3 is 4.43 Å². The highest BCUT2D eigenvalue weighted by Crippen LogP contribution is 2.17. The molecule has 0 amide bonds. The molecule has 19 heavy (non-hydrogen) atoms. The molecule has 1 nitrogen and oxygen atoms in total. The SMILES string of the molecule is CC#C[C@@H](C)[C@@H](CCC)O[SiH](C/C=C\C)C/C=C\C. The van der Waals surface area contributed by atoms with E-state index in [-0.39, 0.29) is 0 Å². The Morgan fingerprint density at radius 1 is 1.16 bits per heavy atom. The molecule has 0 aliphatic heterocycles. The maximum Gasteiger partial charge on any atom is 0.184 e. The van der Waals surface area contributed by atoms with Crippen LogP contribution in [0.1, 0.15) is 47.5 Å². The Kier molecular flexibility index (Phi) is 11.8. The fourth-order valence-corrected chi connectivity index (χ4v) is 4.50. The molecule has 108 valence electrons. The summed E-state index contributed by atoms with van der Waals surface area (Å²) in [5.41, 5.74) is 0. The van der Waals surface area contributed by atoms with Crippen molar-refractivity contribution in [2.24, 2.45) is 5.92 Å². The van der Waals surface area contributed by atoms with Gasteiger partial charge in [0.05, 0.1) is 6.10 Å². The fourth-order valence-electron chi connectivity index (χ4n) is 2.07. The van der Waals surface area contributed by atoms with Crippen molar-refractivity contribution in [2.75, 3.05) is 0 Å². The minimum absolute atomic E-state index is 0.310. The van der Waals surface area contributed by atoms with Crippen LogP contribution in [0.15, 0.2) is 24.3 Å². The van der Waals surface area contributed by atoms with Crippen LogP contribution in [0.4, 0.5) is 0 Å². The Hall–Kier alpha value is -0.783. The van der Waals surface area contributed by atoms with E-state index in [1.54, 1.807) is 0 Å². The van der Waals surface area contributed by atoms with Crippen molar-refractivity contribution in [3.63, 3.8) is 0 Å². The summed E-state index contributed by atoms with van der Waals surface area (Å²) in [6, 6.07) is 2.24. The molecule has 0 aromatic heterocycles. The van der Waals surface area contributed by atoms with E-state index < -0.39 is 9.04 Å². The highest BCUT2D eigenvalue weighted by Gasteiger charge is 2.20. The quantitative estimate of drug-likeness (QED) is 0.337. The van der Waals surface area contributed by atoms with Crippen LogP contribution in [0.5, 0.6) is 0 Å². The maximum atomic E-state index is 6.44. The monoisotopic (exact) mass is 278 g/mol. The van der Waals surface area contributed by atoms with E-state index in [2.05, 4.69) is 63.8 Å². The lowest BCUT2D eigenvalue weighted by atomic mass is 10.0. The van der Waals surface area contributed by atoms with Gasteiger partial charge in [0.25, 0.3) is 0 Å². The van der Waals surface area contributed by atoms with Gasteiger partial charge >= 0.3 is 0 Å². The van der Waals surface area contributed by atoms with Gasteiger partial charge in [0.2, 0.25) is 0 Å². The minimum atomic E-state index is -1.18. The molecule has 0 unspecified atom stereocenters. The molecule has 0 rings (SSSR count). The minimum Gasteiger partial charge on any atom is -0.415 e. The third-order valence-electron chi connectivity index (χ3n) is 3.14. The number of rotatable bonds is 9. The van der Waals surface area contributed by atoms with Crippen molar-refractivity contribution in [1.29, 1.82) is 0 Å². The van der Waals surface area contributed by atoms with E-state index in [0.717, 1.165) is 24.9 Å². The molecule has 0 N–H and O–H groups in total. The summed E-state index contributed by atoms with van der Waals surface area (Å²) in [4.78, 5) is 0. The predicted octanol–water partition coefficient (Wildman–Crippen LogP) is 4.71. The van der Waals surface area contributed by atoms with Crippen molar-refractivity contribution in [3.05, 3.63) is 24.3 Å². The first-order valence-electron chi connectivity index (χ1n) is 7.49. The van der Waals surface area contributed by atoms with Crippen LogP contribution in [0, 0.1) is 17.8 Å². The van der Waals surface area contributed by atoms with Gasteiger partial charge in [0.1, 0.15) is 0 Å². The summed E-state index contributed by atoms with van der Waals surface area (Å²) < 4.78 is 6.44. The zero-order valence-corrected chi connectivity index (χ0v) is 14.4. The van der Waals surface area contributed by atoms with Gasteiger partial charge in [-0.2, -0.15) is 0 Å². The molecule has 0 saturated heterocycles. The van der Waals surface area contributed by atoms with E-state index in [1.807, 2.05) is 6.92 Å². The van der Waals surface area contributed by atoms with Crippen LogP contribution in [-0.4, -0.2) is 15.1 Å². The van der Waals surface area contributed by atoms with Crippen LogP contribution in [-0.2, 0) is 4.43 Å². The normalized spacial score (nSPS) is 14.8. The smallest absolute Gasteiger partial charge is 0.184 e. The molecule has 2 heteroatoms. The third kappa shape index (κ3) is 8.86. The molecular weight excluding hydrogens is 248 g/mol. The highest BCUT2D eigenvalue weighted by molar-refractivity contribution is 6.53. The Bertz CT molecular complexity index is 308. The van der Waals surface area contributed by atoms with E-state index >= 15 is 0 Å². The first-order valence-corrected chi connectivity index (χ1v) is 9.59. The van der Waals surface area contributed by atoms with Gasteiger partial charge in [-0.1, -0.05) is 43.6 Å². The molecule has 0 aliphatic rings. The van der Waals surface area contributed by atoms with Crippen LogP contribution >= 0.6 is 0 Å². The second-order valence-electron chi connectivity index (χ2n) is 4.88. The second kappa shape index (κ2) is 12.3. The summed E-state index contributed by atoms with van der Waals surface area (Å²) in [7, 11) is -1.18. The fraction of sp³-hybridized carbons (Fsp3) is 0.647. The summed E-state index contributed by atoms with van der Waals surface area (Å²) in [5.74, 6) is 6.63. The number of hydrogen-bond donors (Lipinski definition) is 0. The lowest BCUT2D eigenvalue weighted by Gasteiger charge is -2.25. The Balaban J connectivity index is 4.63. The molecule has 0 aromatic rings. The Morgan fingerprint density at radius 3 is 2.16 bits per heavy atom. The third-order valence-corrected chi connectivity index (χ3v) is 5.47. The van der Waals surface area contributed by atoms with Crippen molar-refractivity contribution >= 4 is 9.04 Å². The van der Waals surface area contributed by atoms with Crippen LogP contribution in [0.3, 0.4) is 0 Å². The first-order chi connectivity index (χ1) is 9.19. The first kappa shape index (κ1) is 18.2. The van der Waals surface area contributed by atoms with Gasteiger partial charge in [-0.25, -0.2) is 0 Å². The van der Waals surface area contributed by atoms with Crippen LogP contribution < -0.4 is 0 Å². The van der Waals surface area contributed by atoms with Crippen LogP contribution in [0.2, 0.25) is 12.1 Å². The van der Waals surface area contributed by atoms with Crippen molar-refractivity contribution in [1.82, 2.24) is 0 Å². The molecule has 0 aliphatic carbocycles. The molecule has 0 fully saturated rings. The van der Waals surface area contributed by atoms with E-state index in [4.69, 9.17) is 4.43 Å². The molecule has 0 bridgehead atoms. The van der Waals surface area contributed by atoms with E-state index in [9.17, 15) is 0 Å². The molecule has 0 radical (unpaired) electrons. The average molecular weight is 279 g/mol. The summed E-state index contributed by atoms with van der Waals surface area (Å²) in [6.45, 7) is 10.5. The second-order valence-corrected chi connectivity index (χ2v) is 7.34. The Morgan fingerprint density at radius 2 is 1.74 bits per heavy atom. The molecule has 0 aromatic carbocycles. The van der Waals surface area contributed by atoms with Crippen molar-refractivity contribution < 1.29 is 4.43 Å². The molecule has 0 heterocycles.